The van der Waals surface area contributed by atoms with Crippen molar-refractivity contribution in [3.8, 4) is 0 Å². The SMILES string of the molecule is CCOC(=O)CC(N)C1CCC(C)CC1. The van der Waals surface area contributed by atoms with Gasteiger partial charge in [-0.3, -0.25) is 4.79 Å². The molecule has 1 fully saturated rings. The molecular weight excluding hydrogens is 190 g/mol. The lowest BCUT2D eigenvalue weighted by Crippen LogP contribution is -2.35. The van der Waals surface area contributed by atoms with Crippen molar-refractivity contribution in [2.45, 2.75) is 52.0 Å². The molecule has 3 nitrogen and oxygen atoms in total. The molecule has 0 aromatic rings. The third-order valence-electron chi connectivity index (χ3n) is 3.37. The predicted molar refractivity (Wildman–Crippen MR) is 60.3 cm³/mol. The number of hydrogen-bond donors (Lipinski definition) is 1. The second-order valence-corrected chi connectivity index (χ2v) is 4.69. The molecule has 0 aromatic carbocycles. The lowest BCUT2D eigenvalue weighted by molar-refractivity contribution is -0.143. The zero-order valence-electron chi connectivity index (χ0n) is 9.87. The molecule has 0 aliphatic heterocycles. The number of nitrogens with two attached hydrogens (primary N) is 1. The molecule has 1 atom stereocenters. The van der Waals surface area contributed by atoms with E-state index in [4.69, 9.17) is 10.5 Å². The first-order chi connectivity index (χ1) is 7.13. The first-order valence-electron chi connectivity index (χ1n) is 6.04. The summed E-state index contributed by atoms with van der Waals surface area (Å²) in [5.41, 5.74) is 6.02. The van der Waals surface area contributed by atoms with Crippen LogP contribution in [0, 0.1) is 11.8 Å². The van der Waals surface area contributed by atoms with E-state index in [0.29, 0.717) is 18.9 Å². The summed E-state index contributed by atoms with van der Waals surface area (Å²) in [7, 11) is 0. The Morgan fingerprint density at radius 2 is 2.00 bits per heavy atom. The quantitative estimate of drug-likeness (QED) is 0.727. The average molecular weight is 213 g/mol. The molecule has 1 unspecified atom stereocenters. The maximum atomic E-state index is 11.3. The molecule has 1 aliphatic carbocycles. The van der Waals surface area contributed by atoms with E-state index in [9.17, 15) is 4.79 Å². The van der Waals surface area contributed by atoms with Crippen LogP contribution in [0.1, 0.15) is 46.0 Å². The van der Waals surface area contributed by atoms with Gasteiger partial charge < -0.3 is 10.5 Å². The summed E-state index contributed by atoms with van der Waals surface area (Å²) in [6, 6.07) is -0.00319. The van der Waals surface area contributed by atoms with E-state index < -0.39 is 0 Å². The highest BCUT2D eigenvalue weighted by atomic mass is 16.5. The van der Waals surface area contributed by atoms with E-state index in [2.05, 4.69) is 6.92 Å². The van der Waals surface area contributed by atoms with E-state index in [0.717, 1.165) is 5.92 Å². The highest BCUT2D eigenvalue weighted by Gasteiger charge is 2.25. The van der Waals surface area contributed by atoms with Gasteiger partial charge in [0.2, 0.25) is 0 Å². The molecule has 0 saturated heterocycles. The Morgan fingerprint density at radius 1 is 1.40 bits per heavy atom. The number of carbonyl (C=O) groups excluding carboxylic acids is 1. The van der Waals surface area contributed by atoms with Crippen molar-refractivity contribution < 1.29 is 9.53 Å². The Hall–Kier alpha value is -0.570. The second kappa shape index (κ2) is 6.11. The third-order valence-corrected chi connectivity index (χ3v) is 3.37. The molecule has 0 heterocycles. The maximum absolute atomic E-state index is 11.3. The molecule has 3 heteroatoms. The first kappa shape index (κ1) is 12.5. The summed E-state index contributed by atoms with van der Waals surface area (Å²) >= 11 is 0. The van der Waals surface area contributed by atoms with Gasteiger partial charge in [-0.25, -0.2) is 0 Å². The first-order valence-corrected chi connectivity index (χ1v) is 6.04. The van der Waals surface area contributed by atoms with E-state index in [1.165, 1.54) is 25.7 Å². The molecule has 1 aliphatic rings. The lowest BCUT2D eigenvalue weighted by atomic mass is 9.79. The Bertz CT molecular complexity index is 198. The monoisotopic (exact) mass is 213 g/mol. The summed E-state index contributed by atoms with van der Waals surface area (Å²) in [6.07, 6.45) is 5.22. The van der Waals surface area contributed by atoms with Crippen molar-refractivity contribution in [1.29, 1.82) is 0 Å². The van der Waals surface area contributed by atoms with Gasteiger partial charge in [0, 0.05) is 6.04 Å². The van der Waals surface area contributed by atoms with Gasteiger partial charge in [0.25, 0.3) is 0 Å². The summed E-state index contributed by atoms with van der Waals surface area (Å²) in [4.78, 5) is 11.3. The standard InChI is InChI=1S/C12H23NO2/c1-3-15-12(14)8-11(13)10-6-4-9(2)5-7-10/h9-11H,3-8,13H2,1-2H3. The molecule has 1 rings (SSSR count). The Kier molecular flexibility index (Phi) is 5.09. The molecule has 0 aromatic heterocycles. The van der Waals surface area contributed by atoms with Crippen LogP contribution in [0.5, 0.6) is 0 Å². The van der Waals surface area contributed by atoms with Crippen LogP contribution in [-0.4, -0.2) is 18.6 Å². The molecule has 0 amide bonds. The predicted octanol–water partition coefficient (Wildman–Crippen LogP) is 2.09. The number of ether oxygens (including phenoxy) is 1. The van der Waals surface area contributed by atoms with Crippen LogP contribution < -0.4 is 5.73 Å². The highest BCUT2D eigenvalue weighted by Crippen LogP contribution is 2.30. The normalized spacial score (nSPS) is 28.5. The lowest BCUT2D eigenvalue weighted by Gasteiger charge is -2.30. The summed E-state index contributed by atoms with van der Waals surface area (Å²) in [5, 5.41) is 0. The Labute approximate surface area is 92.4 Å². The van der Waals surface area contributed by atoms with Crippen molar-refractivity contribution in [2.24, 2.45) is 17.6 Å². The number of rotatable bonds is 4. The van der Waals surface area contributed by atoms with Gasteiger partial charge in [-0.1, -0.05) is 19.8 Å². The van der Waals surface area contributed by atoms with Crippen LogP contribution in [0.3, 0.4) is 0 Å². The van der Waals surface area contributed by atoms with E-state index in [-0.39, 0.29) is 12.0 Å². The van der Waals surface area contributed by atoms with Crippen LogP contribution >= 0.6 is 0 Å². The Balaban J connectivity index is 2.27. The molecule has 15 heavy (non-hydrogen) atoms. The number of hydrogen-bond acceptors (Lipinski definition) is 3. The third kappa shape index (κ3) is 4.20. The molecular formula is C12H23NO2. The zero-order valence-corrected chi connectivity index (χ0v) is 9.87. The summed E-state index contributed by atoms with van der Waals surface area (Å²) in [6.45, 7) is 4.56. The van der Waals surface area contributed by atoms with Gasteiger partial charge >= 0.3 is 5.97 Å². The molecule has 1 saturated carbocycles. The maximum Gasteiger partial charge on any atom is 0.307 e. The van der Waals surface area contributed by atoms with Gasteiger partial charge in [0.1, 0.15) is 0 Å². The van der Waals surface area contributed by atoms with Crippen molar-refractivity contribution in [1.82, 2.24) is 0 Å². The van der Waals surface area contributed by atoms with Crippen LogP contribution in [-0.2, 0) is 9.53 Å². The van der Waals surface area contributed by atoms with Gasteiger partial charge in [0.15, 0.2) is 0 Å². The van der Waals surface area contributed by atoms with Crippen molar-refractivity contribution >= 4 is 5.97 Å². The highest BCUT2D eigenvalue weighted by molar-refractivity contribution is 5.70. The molecule has 0 bridgehead atoms. The fraction of sp³-hybridized carbons (Fsp3) is 0.917. The molecule has 2 N–H and O–H groups in total. The van der Waals surface area contributed by atoms with Gasteiger partial charge in [-0.05, 0) is 31.6 Å². The topological polar surface area (TPSA) is 52.3 Å². The van der Waals surface area contributed by atoms with Crippen LogP contribution in [0.15, 0.2) is 0 Å². The molecule has 0 spiro atoms. The molecule has 88 valence electrons. The average Bonchev–Trinajstić information content (AvgIpc) is 2.18. The molecule has 0 radical (unpaired) electrons. The minimum atomic E-state index is -0.149. The number of esters is 1. The zero-order chi connectivity index (χ0) is 11.3. The van der Waals surface area contributed by atoms with Gasteiger partial charge in [-0.15, -0.1) is 0 Å². The van der Waals surface area contributed by atoms with Crippen molar-refractivity contribution in [3.63, 3.8) is 0 Å². The van der Waals surface area contributed by atoms with Crippen molar-refractivity contribution in [2.75, 3.05) is 6.61 Å². The second-order valence-electron chi connectivity index (χ2n) is 4.69. The fourth-order valence-electron chi connectivity index (χ4n) is 2.29. The minimum Gasteiger partial charge on any atom is -0.466 e. The Morgan fingerprint density at radius 3 is 2.53 bits per heavy atom. The van der Waals surface area contributed by atoms with E-state index >= 15 is 0 Å². The fourth-order valence-corrected chi connectivity index (χ4v) is 2.29. The minimum absolute atomic E-state index is 0.00319. The number of carbonyl (C=O) groups is 1. The smallest absolute Gasteiger partial charge is 0.307 e. The van der Waals surface area contributed by atoms with Gasteiger partial charge in [-0.2, -0.15) is 0 Å². The van der Waals surface area contributed by atoms with Crippen molar-refractivity contribution in [3.05, 3.63) is 0 Å². The van der Waals surface area contributed by atoms with Crippen LogP contribution in [0.25, 0.3) is 0 Å². The van der Waals surface area contributed by atoms with Crippen LogP contribution in [0.2, 0.25) is 0 Å². The van der Waals surface area contributed by atoms with Gasteiger partial charge in [0.05, 0.1) is 13.0 Å². The summed E-state index contributed by atoms with van der Waals surface area (Å²) < 4.78 is 4.91. The van der Waals surface area contributed by atoms with Crippen LogP contribution in [0.4, 0.5) is 0 Å². The largest absolute Gasteiger partial charge is 0.466 e. The van der Waals surface area contributed by atoms with E-state index in [1.807, 2.05) is 6.92 Å². The van der Waals surface area contributed by atoms with E-state index in [1.54, 1.807) is 0 Å². The summed E-state index contributed by atoms with van der Waals surface area (Å²) in [5.74, 6) is 1.20.